The molecule has 0 unspecified atom stereocenters. The van der Waals surface area contributed by atoms with E-state index in [2.05, 4.69) is 19.1 Å². The topological polar surface area (TPSA) is 89.8 Å². The number of aliphatic hydroxyl groups excluding tert-OH is 2. The van der Waals surface area contributed by atoms with Crippen molar-refractivity contribution in [3.8, 4) is 0 Å². The van der Waals surface area contributed by atoms with E-state index in [4.69, 9.17) is 14.9 Å². The molecule has 0 aliphatic heterocycles. The molecular formula is C15H29NO5. The van der Waals surface area contributed by atoms with Crippen LogP contribution in [0.4, 0.5) is 0 Å². The molecule has 6 heteroatoms. The summed E-state index contributed by atoms with van der Waals surface area (Å²) in [6, 6.07) is 0. The van der Waals surface area contributed by atoms with Gasteiger partial charge in [-0.05, 0) is 19.3 Å². The number of allylic oxidation sites excluding steroid dienone is 2. The smallest absolute Gasteiger partial charge is 0.183 e. The van der Waals surface area contributed by atoms with E-state index in [1.807, 2.05) is 0 Å². The lowest BCUT2D eigenvalue weighted by Crippen LogP contribution is -2.58. The zero-order chi connectivity index (χ0) is 16.0. The molecule has 0 rings (SSSR count). The zero-order valence-corrected chi connectivity index (χ0v) is 13.0. The summed E-state index contributed by atoms with van der Waals surface area (Å²) in [5.74, 6) is -1.21. The number of rotatable bonds is 14. The van der Waals surface area contributed by atoms with E-state index in [0.29, 0.717) is 6.61 Å². The number of carboxylic acids is 1. The highest BCUT2D eigenvalue weighted by Crippen LogP contribution is 2.07. The van der Waals surface area contributed by atoms with Gasteiger partial charge in [0.05, 0.1) is 25.8 Å². The molecule has 0 fully saturated rings. The summed E-state index contributed by atoms with van der Waals surface area (Å²) in [4.78, 5) is 10.8. The predicted octanol–water partition coefficient (Wildman–Crippen LogP) is -0.352. The molecule has 0 saturated heterocycles. The average molecular weight is 303 g/mol. The summed E-state index contributed by atoms with van der Waals surface area (Å²) >= 11 is 0. The normalized spacial score (nSPS) is 12.1. The maximum atomic E-state index is 10.8. The minimum Gasteiger partial charge on any atom is -0.544 e. The van der Waals surface area contributed by atoms with Crippen LogP contribution in [0.15, 0.2) is 12.2 Å². The van der Waals surface area contributed by atoms with Crippen molar-refractivity contribution in [1.29, 1.82) is 0 Å². The van der Waals surface area contributed by atoms with Crippen LogP contribution in [0, 0.1) is 0 Å². The molecule has 0 amide bonds. The Morgan fingerprint density at radius 3 is 2.33 bits per heavy atom. The number of carbonyl (C=O) groups is 1. The lowest BCUT2D eigenvalue weighted by Gasteiger charge is -2.37. The quantitative estimate of drug-likeness (QED) is 0.198. The van der Waals surface area contributed by atoms with Gasteiger partial charge in [0.2, 0.25) is 0 Å². The Labute approximate surface area is 127 Å². The van der Waals surface area contributed by atoms with E-state index in [1.165, 1.54) is 0 Å². The third-order valence-electron chi connectivity index (χ3n) is 3.26. The van der Waals surface area contributed by atoms with Crippen LogP contribution in [0.25, 0.3) is 0 Å². The van der Waals surface area contributed by atoms with Gasteiger partial charge in [-0.25, -0.2) is 0 Å². The average Bonchev–Trinajstić information content (AvgIpc) is 2.41. The number of hydrogen-bond donors (Lipinski definition) is 2. The molecular weight excluding hydrogens is 274 g/mol. The van der Waals surface area contributed by atoms with Crippen LogP contribution in [-0.4, -0.2) is 66.9 Å². The van der Waals surface area contributed by atoms with Crippen LogP contribution in [-0.2, 0) is 9.53 Å². The molecule has 0 saturated carbocycles. The molecule has 0 aromatic rings. The molecule has 0 radical (unpaired) electrons. The monoisotopic (exact) mass is 303 g/mol. The maximum absolute atomic E-state index is 10.8. The van der Waals surface area contributed by atoms with Crippen LogP contribution < -0.4 is 5.11 Å². The van der Waals surface area contributed by atoms with Crippen LogP contribution in [0.1, 0.15) is 32.6 Å². The lowest BCUT2D eigenvalue weighted by atomic mass is 10.2. The highest BCUT2D eigenvalue weighted by Gasteiger charge is 2.27. The number of ether oxygens (including phenoxy) is 1. The Balaban J connectivity index is 4.12. The summed E-state index contributed by atoms with van der Waals surface area (Å²) < 4.78 is 5.52. The number of aliphatic hydroxyl groups is 2. The first-order valence-corrected chi connectivity index (χ1v) is 7.59. The summed E-state index contributed by atoms with van der Waals surface area (Å²) in [7, 11) is 0. The first kappa shape index (κ1) is 20.1. The van der Waals surface area contributed by atoms with Crippen molar-refractivity contribution in [2.24, 2.45) is 0 Å². The molecule has 0 aliphatic carbocycles. The molecule has 21 heavy (non-hydrogen) atoms. The zero-order valence-electron chi connectivity index (χ0n) is 13.0. The third-order valence-corrected chi connectivity index (χ3v) is 3.26. The standard InChI is InChI=1S/C15H29NO5/c1-2-3-4-5-6-7-12-21-14-16(8-10-17,9-11-18)13-15(19)20/h4-5,17-18H,2-3,6-14H2,1H3/b5-4+. The minimum atomic E-state index is -1.21. The number of aliphatic carboxylic acids is 1. The van der Waals surface area contributed by atoms with Crippen LogP contribution in [0.5, 0.6) is 0 Å². The fourth-order valence-electron chi connectivity index (χ4n) is 2.11. The molecule has 0 spiro atoms. The Morgan fingerprint density at radius 1 is 1.19 bits per heavy atom. The molecule has 6 nitrogen and oxygen atoms in total. The van der Waals surface area contributed by atoms with Gasteiger partial charge in [-0.15, -0.1) is 0 Å². The largest absolute Gasteiger partial charge is 0.544 e. The molecule has 0 aliphatic rings. The van der Waals surface area contributed by atoms with Crippen molar-refractivity contribution >= 4 is 5.97 Å². The first-order valence-electron chi connectivity index (χ1n) is 7.59. The Hall–Kier alpha value is -0.950. The molecule has 0 heterocycles. The number of carboxylic acid groups (broad SMARTS) is 1. The van der Waals surface area contributed by atoms with Gasteiger partial charge in [0.15, 0.2) is 6.73 Å². The van der Waals surface area contributed by atoms with Crippen LogP contribution in [0.2, 0.25) is 0 Å². The second kappa shape index (κ2) is 12.8. The summed E-state index contributed by atoms with van der Waals surface area (Å²) in [5.41, 5.74) is 0. The fourth-order valence-corrected chi connectivity index (χ4v) is 2.11. The van der Waals surface area contributed by atoms with Crippen molar-refractivity contribution in [2.75, 3.05) is 46.2 Å². The van der Waals surface area contributed by atoms with Crippen LogP contribution >= 0.6 is 0 Å². The van der Waals surface area contributed by atoms with Crippen molar-refractivity contribution in [3.63, 3.8) is 0 Å². The van der Waals surface area contributed by atoms with Crippen molar-refractivity contribution in [2.45, 2.75) is 32.6 Å². The van der Waals surface area contributed by atoms with Gasteiger partial charge in [0.25, 0.3) is 0 Å². The SMILES string of the molecule is CCC/C=C/CCCOC[N+](CCO)(CCO)CC(=O)[O-]. The van der Waals surface area contributed by atoms with E-state index in [9.17, 15) is 9.90 Å². The third kappa shape index (κ3) is 10.4. The van der Waals surface area contributed by atoms with Crippen molar-refractivity contribution in [1.82, 2.24) is 0 Å². The maximum Gasteiger partial charge on any atom is 0.183 e. The molecule has 0 atom stereocenters. The van der Waals surface area contributed by atoms with Gasteiger partial charge >= 0.3 is 0 Å². The van der Waals surface area contributed by atoms with Gasteiger partial charge in [0, 0.05) is 0 Å². The number of unbranched alkanes of at least 4 members (excludes halogenated alkanes) is 2. The van der Waals surface area contributed by atoms with Gasteiger partial charge in [-0.2, -0.15) is 0 Å². The molecule has 0 aromatic heterocycles. The highest BCUT2D eigenvalue weighted by molar-refractivity contribution is 5.65. The van der Waals surface area contributed by atoms with E-state index in [1.54, 1.807) is 0 Å². The highest BCUT2D eigenvalue weighted by atomic mass is 16.5. The number of hydrogen-bond acceptors (Lipinski definition) is 5. The molecule has 2 N–H and O–H groups in total. The second-order valence-corrected chi connectivity index (χ2v) is 5.21. The summed E-state index contributed by atoms with van der Waals surface area (Å²) in [6.45, 7) is 2.69. The molecule has 0 bridgehead atoms. The number of quaternary nitrogens is 1. The Bertz CT molecular complexity index is 288. The lowest BCUT2D eigenvalue weighted by molar-refractivity contribution is -0.941. The fraction of sp³-hybridized carbons (Fsp3) is 0.800. The molecule has 0 aromatic carbocycles. The Morgan fingerprint density at radius 2 is 1.81 bits per heavy atom. The minimum absolute atomic E-state index is 0.0129. The predicted molar refractivity (Wildman–Crippen MR) is 78.1 cm³/mol. The Kier molecular flexibility index (Phi) is 12.2. The van der Waals surface area contributed by atoms with E-state index in [-0.39, 0.29) is 44.1 Å². The number of nitrogens with zero attached hydrogens (tertiary/aromatic N) is 1. The van der Waals surface area contributed by atoms with Gasteiger partial charge < -0.3 is 24.9 Å². The van der Waals surface area contributed by atoms with Gasteiger partial charge in [-0.1, -0.05) is 25.5 Å². The summed E-state index contributed by atoms with van der Waals surface area (Å²) in [6.07, 6.45) is 8.29. The van der Waals surface area contributed by atoms with Crippen molar-refractivity contribution in [3.05, 3.63) is 12.2 Å². The van der Waals surface area contributed by atoms with Gasteiger partial charge in [0.1, 0.15) is 19.6 Å². The molecule has 124 valence electrons. The second-order valence-electron chi connectivity index (χ2n) is 5.21. The first-order chi connectivity index (χ1) is 10.1. The van der Waals surface area contributed by atoms with E-state index >= 15 is 0 Å². The number of carbonyl (C=O) groups excluding carboxylic acids is 1. The van der Waals surface area contributed by atoms with Crippen molar-refractivity contribution < 1.29 is 29.3 Å². The van der Waals surface area contributed by atoms with E-state index < -0.39 is 5.97 Å². The van der Waals surface area contributed by atoms with E-state index in [0.717, 1.165) is 25.7 Å². The summed E-state index contributed by atoms with van der Waals surface area (Å²) in [5, 5.41) is 29.0. The van der Waals surface area contributed by atoms with Crippen LogP contribution in [0.3, 0.4) is 0 Å². The van der Waals surface area contributed by atoms with Gasteiger partial charge in [-0.3, -0.25) is 4.48 Å².